The second kappa shape index (κ2) is 4.38. The molecule has 1 nitrogen and oxygen atoms in total. The SMILES string of the molecule is [2H]c1cccc(N=Cc2ccccc2)c1. The van der Waals surface area contributed by atoms with Crippen molar-refractivity contribution in [3.05, 3.63) is 66.2 Å². The van der Waals surface area contributed by atoms with E-state index in [0.717, 1.165) is 11.3 Å². The summed E-state index contributed by atoms with van der Waals surface area (Å²) in [5.41, 5.74) is 1.87. The van der Waals surface area contributed by atoms with E-state index in [1.54, 1.807) is 18.3 Å². The predicted molar refractivity (Wildman–Crippen MR) is 60.1 cm³/mol. The van der Waals surface area contributed by atoms with Crippen molar-refractivity contribution in [2.24, 2.45) is 4.99 Å². The number of rotatable bonds is 2. The van der Waals surface area contributed by atoms with Gasteiger partial charge in [0.1, 0.15) is 0 Å². The van der Waals surface area contributed by atoms with Gasteiger partial charge in [-0.15, -0.1) is 0 Å². The van der Waals surface area contributed by atoms with Crippen molar-refractivity contribution in [2.75, 3.05) is 0 Å². The molecule has 0 N–H and O–H groups in total. The Bertz CT molecular complexity index is 463. The molecule has 68 valence electrons. The van der Waals surface area contributed by atoms with Crippen molar-refractivity contribution in [3.8, 4) is 0 Å². The average molecular weight is 182 g/mol. The largest absolute Gasteiger partial charge is 0.256 e. The molecule has 0 atom stereocenters. The molecule has 0 aromatic heterocycles. The fourth-order valence-electron chi connectivity index (χ4n) is 1.15. The van der Waals surface area contributed by atoms with Crippen molar-refractivity contribution in [2.45, 2.75) is 0 Å². The molecule has 0 bridgehead atoms. The second-order valence-electron chi connectivity index (χ2n) is 2.93. The Morgan fingerprint density at radius 3 is 2.50 bits per heavy atom. The number of nitrogens with zero attached hydrogens (tertiary/aromatic N) is 1. The minimum atomic E-state index is 0.484. The van der Waals surface area contributed by atoms with E-state index >= 15 is 0 Å². The molecule has 2 rings (SSSR count). The van der Waals surface area contributed by atoms with Gasteiger partial charge in [-0.25, -0.2) is 0 Å². The number of hydrogen-bond acceptors (Lipinski definition) is 1. The second-order valence-corrected chi connectivity index (χ2v) is 2.93. The van der Waals surface area contributed by atoms with Crippen LogP contribution in [0.15, 0.2) is 65.6 Å². The molecule has 0 amide bonds. The van der Waals surface area contributed by atoms with Gasteiger partial charge in [0.25, 0.3) is 0 Å². The molecule has 0 saturated carbocycles. The lowest BCUT2D eigenvalue weighted by atomic mass is 10.2. The number of benzene rings is 2. The van der Waals surface area contributed by atoms with Gasteiger partial charge in [0.15, 0.2) is 0 Å². The van der Waals surface area contributed by atoms with Crippen LogP contribution in [0.4, 0.5) is 5.69 Å². The van der Waals surface area contributed by atoms with Crippen LogP contribution in [0.5, 0.6) is 0 Å². The van der Waals surface area contributed by atoms with Gasteiger partial charge in [0, 0.05) is 6.21 Å². The highest BCUT2D eigenvalue weighted by atomic mass is 14.7. The van der Waals surface area contributed by atoms with Crippen molar-refractivity contribution in [1.29, 1.82) is 0 Å². The van der Waals surface area contributed by atoms with Gasteiger partial charge in [-0.2, -0.15) is 0 Å². The summed E-state index contributed by atoms with van der Waals surface area (Å²) < 4.78 is 7.45. The fourth-order valence-corrected chi connectivity index (χ4v) is 1.15. The predicted octanol–water partition coefficient (Wildman–Crippen LogP) is 3.44. The highest BCUT2D eigenvalue weighted by molar-refractivity contribution is 5.81. The summed E-state index contributed by atoms with van der Waals surface area (Å²) in [6.07, 6.45) is 1.80. The van der Waals surface area contributed by atoms with Crippen LogP contribution in [-0.2, 0) is 0 Å². The molecule has 0 spiro atoms. The van der Waals surface area contributed by atoms with Crippen molar-refractivity contribution >= 4 is 11.9 Å². The van der Waals surface area contributed by atoms with Gasteiger partial charge in [-0.05, 0) is 17.7 Å². The Balaban J connectivity index is 2.19. The fraction of sp³-hybridized carbons (Fsp3) is 0. The molecule has 0 fully saturated rings. The van der Waals surface area contributed by atoms with Crippen LogP contribution in [0.25, 0.3) is 0 Å². The summed E-state index contributed by atoms with van der Waals surface area (Å²) in [5.74, 6) is 0. The molecule has 2 aromatic rings. The molecule has 0 saturated heterocycles. The molecular formula is C13H11N. The van der Waals surface area contributed by atoms with E-state index in [2.05, 4.69) is 4.99 Å². The molecule has 0 radical (unpaired) electrons. The van der Waals surface area contributed by atoms with Gasteiger partial charge in [-0.3, -0.25) is 4.99 Å². The number of para-hydroxylation sites is 1. The summed E-state index contributed by atoms with van der Waals surface area (Å²) in [6, 6.07) is 17.6. The van der Waals surface area contributed by atoms with Crippen LogP contribution in [0.1, 0.15) is 6.93 Å². The molecule has 14 heavy (non-hydrogen) atoms. The molecule has 0 unspecified atom stereocenters. The zero-order valence-corrected chi connectivity index (χ0v) is 7.72. The normalized spacial score (nSPS) is 11.6. The summed E-state index contributed by atoms with van der Waals surface area (Å²) >= 11 is 0. The van der Waals surface area contributed by atoms with Crippen molar-refractivity contribution in [1.82, 2.24) is 0 Å². The molecule has 0 aliphatic rings. The molecule has 0 aliphatic carbocycles. The van der Waals surface area contributed by atoms with E-state index in [1.165, 1.54) is 0 Å². The lowest BCUT2D eigenvalue weighted by Gasteiger charge is -1.92. The van der Waals surface area contributed by atoms with Gasteiger partial charge >= 0.3 is 0 Å². The van der Waals surface area contributed by atoms with E-state index in [9.17, 15) is 0 Å². The first-order valence-electron chi connectivity index (χ1n) is 5.00. The molecule has 0 aliphatic heterocycles. The quantitative estimate of drug-likeness (QED) is 0.631. The molecule has 1 heteroatoms. The van der Waals surface area contributed by atoms with E-state index in [4.69, 9.17) is 1.37 Å². The Hall–Kier alpha value is -1.89. The van der Waals surface area contributed by atoms with E-state index in [1.807, 2.05) is 42.5 Å². The maximum Gasteiger partial charge on any atom is 0.0629 e. The molecule has 0 heterocycles. The van der Waals surface area contributed by atoms with Crippen LogP contribution < -0.4 is 0 Å². The lowest BCUT2D eigenvalue weighted by molar-refractivity contribution is 1.53. The number of aliphatic imine (C=N–C) groups is 1. The first-order chi connectivity index (χ1) is 7.34. The molecule has 2 aromatic carbocycles. The zero-order chi connectivity index (χ0) is 10.5. The third kappa shape index (κ3) is 2.30. The van der Waals surface area contributed by atoms with Gasteiger partial charge in [-0.1, -0.05) is 48.5 Å². The van der Waals surface area contributed by atoms with Gasteiger partial charge in [0.2, 0.25) is 0 Å². The van der Waals surface area contributed by atoms with Crippen molar-refractivity contribution in [3.63, 3.8) is 0 Å². The first-order valence-corrected chi connectivity index (χ1v) is 4.50. The Labute approximate surface area is 85.2 Å². The van der Waals surface area contributed by atoms with Crippen molar-refractivity contribution < 1.29 is 1.37 Å². The van der Waals surface area contributed by atoms with E-state index in [0.29, 0.717) is 6.04 Å². The maximum absolute atomic E-state index is 7.45. The number of hydrogen-bond donors (Lipinski definition) is 0. The smallest absolute Gasteiger partial charge is 0.0629 e. The summed E-state index contributed by atoms with van der Waals surface area (Å²) in [7, 11) is 0. The first kappa shape index (κ1) is 7.51. The van der Waals surface area contributed by atoms with Gasteiger partial charge in [0.05, 0.1) is 7.06 Å². The topological polar surface area (TPSA) is 12.4 Å². The average Bonchev–Trinajstić information content (AvgIpc) is 2.28. The Morgan fingerprint density at radius 1 is 0.929 bits per heavy atom. The third-order valence-electron chi connectivity index (χ3n) is 1.85. The standard InChI is InChI=1S/C13H11N/c1-3-7-12(8-4-1)11-14-13-9-5-2-6-10-13/h1-11H/i5D. The third-order valence-corrected chi connectivity index (χ3v) is 1.85. The van der Waals surface area contributed by atoms with E-state index in [-0.39, 0.29) is 0 Å². The summed E-state index contributed by atoms with van der Waals surface area (Å²) in [4.78, 5) is 4.29. The lowest BCUT2D eigenvalue weighted by Crippen LogP contribution is -1.77. The Kier molecular flexibility index (Phi) is 2.35. The highest BCUT2D eigenvalue weighted by Gasteiger charge is 1.85. The van der Waals surface area contributed by atoms with Crippen LogP contribution in [0.3, 0.4) is 0 Å². The van der Waals surface area contributed by atoms with Gasteiger partial charge < -0.3 is 0 Å². The van der Waals surface area contributed by atoms with Crippen LogP contribution in [0, 0.1) is 0 Å². The Morgan fingerprint density at radius 2 is 1.71 bits per heavy atom. The van der Waals surface area contributed by atoms with Crippen LogP contribution in [0.2, 0.25) is 0 Å². The van der Waals surface area contributed by atoms with E-state index < -0.39 is 0 Å². The molecular weight excluding hydrogens is 170 g/mol. The minimum Gasteiger partial charge on any atom is -0.256 e. The van der Waals surface area contributed by atoms with Crippen LogP contribution >= 0.6 is 0 Å². The summed E-state index contributed by atoms with van der Waals surface area (Å²) in [5, 5.41) is 0. The summed E-state index contributed by atoms with van der Waals surface area (Å²) in [6.45, 7) is 0. The highest BCUT2D eigenvalue weighted by Crippen LogP contribution is 2.09. The monoisotopic (exact) mass is 182 g/mol. The maximum atomic E-state index is 7.45. The van der Waals surface area contributed by atoms with Crippen LogP contribution in [-0.4, -0.2) is 6.21 Å². The zero-order valence-electron chi connectivity index (χ0n) is 8.72. The minimum absolute atomic E-state index is 0.484.